The van der Waals surface area contributed by atoms with Crippen molar-refractivity contribution in [2.45, 2.75) is 213 Å². The highest BCUT2D eigenvalue weighted by Gasteiger charge is 2.21. The summed E-state index contributed by atoms with van der Waals surface area (Å²) >= 11 is 0. The van der Waals surface area contributed by atoms with Crippen LogP contribution >= 0.6 is 7.82 Å². The highest BCUT2D eigenvalue weighted by atomic mass is 31.2. The maximum absolute atomic E-state index is 12.7. The number of phosphoric ester groups is 1. The van der Waals surface area contributed by atoms with E-state index in [0.29, 0.717) is 17.4 Å². The number of ether oxygens (including phenoxy) is 2. The van der Waals surface area contributed by atoms with Crippen LogP contribution in [0.4, 0.5) is 0 Å². The summed E-state index contributed by atoms with van der Waals surface area (Å²) in [6, 6.07) is 0. The number of allylic oxidation sites excluding steroid dienone is 16. The van der Waals surface area contributed by atoms with Crippen LogP contribution in [0.3, 0.4) is 0 Å². The molecule has 390 valence electrons. The lowest BCUT2D eigenvalue weighted by Gasteiger charge is -2.28. The Morgan fingerprint density at radius 1 is 0.471 bits per heavy atom. The lowest BCUT2D eigenvalue weighted by molar-refractivity contribution is -0.870. The highest BCUT2D eigenvalue weighted by Crippen LogP contribution is 2.38. The summed E-state index contributed by atoms with van der Waals surface area (Å²) in [5, 5.41) is 0. The van der Waals surface area contributed by atoms with Gasteiger partial charge in [0.25, 0.3) is 7.82 Å². The Labute approximate surface area is 417 Å². The van der Waals surface area contributed by atoms with Gasteiger partial charge < -0.3 is 27.9 Å². The largest absolute Gasteiger partial charge is 0.756 e. The Bertz CT molecular complexity index is 1470. The van der Waals surface area contributed by atoms with Crippen molar-refractivity contribution in [1.82, 2.24) is 0 Å². The number of carbonyl (C=O) groups excluding carboxylic acids is 2. The van der Waals surface area contributed by atoms with Gasteiger partial charge in [-0.15, -0.1) is 0 Å². The molecule has 0 heterocycles. The fourth-order valence-electron chi connectivity index (χ4n) is 6.96. The topological polar surface area (TPSA) is 111 Å². The monoisotopic (exact) mass is 970 g/mol. The first-order valence-electron chi connectivity index (χ1n) is 26.9. The van der Waals surface area contributed by atoms with Gasteiger partial charge in [-0.3, -0.25) is 14.2 Å². The molecule has 0 fully saturated rings. The van der Waals surface area contributed by atoms with E-state index in [-0.39, 0.29) is 26.1 Å². The number of hydrogen-bond donors (Lipinski definition) is 0. The molecule has 9 nitrogen and oxygen atoms in total. The third-order valence-corrected chi connectivity index (χ3v) is 12.1. The van der Waals surface area contributed by atoms with Gasteiger partial charge in [0.05, 0.1) is 27.7 Å². The van der Waals surface area contributed by atoms with Gasteiger partial charge in [0.2, 0.25) is 0 Å². The standard InChI is InChI=1S/C58H100NO8P/c1-6-8-10-12-13-14-15-16-17-18-19-20-21-22-23-24-25-26-27-28-29-30-31-32-33-34-35-36-37-38-39-40-41-42-43-44-45-47-49-51-58(61)67-56(54-64-57(60)50-48-46-11-9-7-2)55-66-68(62,63)65-53-52-59(3,4)5/h8,10,13-14,16-17,19-20,22-23,25-26,28-29,31-32,56H,6-7,9,11-12,15,18,21,24,27,30,33-55H2,1-5H3/b10-8-,14-13-,17-16-,20-19-,23-22-,26-25-,29-28-,32-31-. The smallest absolute Gasteiger partial charge is 0.306 e. The fraction of sp³-hybridized carbons (Fsp3) is 0.690. The van der Waals surface area contributed by atoms with Crippen molar-refractivity contribution >= 4 is 19.8 Å². The zero-order valence-corrected chi connectivity index (χ0v) is 44.9. The van der Waals surface area contributed by atoms with Crippen LogP contribution in [0.5, 0.6) is 0 Å². The number of likely N-dealkylation sites (N-methyl/N-ethyl adjacent to an activating group) is 1. The van der Waals surface area contributed by atoms with E-state index in [1.165, 1.54) is 70.6 Å². The summed E-state index contributed by atoms with van der Waals surface area (Å²) in [7, 11) is 1.16. The second-order valence-corrected chi connectivity index (χ2v) is 20.3. The molecule has 0 aromatic heterocycles. The molecule has 0 aromatic rings. The Morgan fingerprint density at radius 3 is 1.25 bits per heavy atom. The van der Waals surface area contributed by atoms with Crippen molar-refractivity contribution in [1.29, 1.82) is 0 Å². The first kappa shape index (κ1) is 64.9. The van der Waals surface area contributed by atoms with Gasteiger partial charge in [0.15, 0.2) is 6.10 Å². The van der Waals surface area contributed by atoms with Gasteiger partial charge in [0, 0.05) is 12.8 Å². The van der Waals surface area contributed by atoms with Crippen LogP contribution in [-0.2, 0) is 32.7 Å². The van der Waals surface area contributed by atoms with E-state index in [9.17, 15) is 19.0 Å². The molecule has 0 bridgehead atoms. The number of phosphoric acid groups is 1. The first-order valence-corrected chi connectivity index (χ1v) is 28.4. The minimum atomic E-state index is -4.62. The summed E-state index contributed by atoms with van der Waals surface area (Å²) in [5.41, 5.74) is 0. The second-order valence-electron chi connectivity index (χ2n) is 18.9. The van der Waals surface area contributed by atoms with E-state index in [1.807, 2.05) is 21.1 Å². The number of esters is 2. The van der Waals surface area contributed by atoms with Crippen LogP contribution in [0.1, 0.15) is 206 Å². The maximum Gasteiger partial charge on any atom is 0.306 e. The van der Waals surface area contributed by atoms with Crippen LogP contribution in [-0.4, -0.2) is 70.0 Å². The Kier molecular flexibility index (Phi) is 46.7. The second kappa shape index (κ2) is 48.9. The van der Waals surface area contributed by atoms with Gasteiger partial charge in [-0.1, -0.05) is 214 Å². The number of carbonyl (C=O) groups is 2. The van der Waals surface area contributed by atoms with E-state index in [4.69, 9.17) is 18.5 Å². The Morgan fingerprint density at radius 2 is 0.838 bits per heavy atom. The molecule has 2 atom stereocenters. The van der Waals surface area contributed by atoms with Crippen LogP contribution in [0.15, 0.2) is 97.2 Å². The molecule has 0 amide bonds. The number of nitrogens with zero attached hydrogens (tertiary/aromatic N) is 1. The lowest BCUT2D eigenvalue weighted by Crippen LogP contribution is -2.37. The predicted octanol–water partition coefficient (Wildman–Crippen LogP) is 15.8. The number of quaternary nitrogens is 1. The molecular formula is C58H100NO8P. The molecule has 0 aliphatic heterocycles. The predicted molar refractivity (Wildman–Crippen MR) is 286 cm³/mol. The summed E-state index contributed by atoms with van der Waals surface area (Å²) in [6.45, 7) is 4.01. The SMILES string of the molecule is CC/C=C\C/C=C\C/C=C\C/C=C\C/C=C\C/C=C\C/C=C\C/C=C\CCCCCCCCCCCCCCCCC(=O)OC(COC(=O)CCCCCCC)COP(=O)([O-])OCC[N+](C)(C)C. The van der Waals surface area contributed by atoms with E-state index >= 15 is 0 Å². The number of hydrogen-bond acceptors (Lipinski definition) is 8. The number of unbranched alkanes of at least 4 members (excludes halogenated alkanes) is 18. The summed E-state index contributed by atoms with van der Waals surface area (Å²) in [5.74, 6) is -0.851. The van der Waals surface area contributed by atoms with Crippen LogP contribution in [0.25, 0.3) is 0 Å². The molecule has 0 radical (unpaired) electrons. The zero-order valence-electron chi connectivity index (χ0n) is 44.0. The van der Waals surface area contributed by atoms with E-state index < -0.39 is 32.5 Å². The molecule has 0 saturated carbocycles. The van der Waals surface area contributed by atoms with E-state index in [1.54, 1.807) is 0 Å². The molecule has 10 heteroatoms. The molecule has 0 saturated heterocycles. The van der Waals surface area contributed by atoms with Gasteiger partial charge in [-0.05, 0) is 77.0 Å². The molecule has 0 rings (SSSR count). The third kappa shape index (κ3) is 52.3. The highest BCUT2D eigenvalue weighted by molar-refractivity contribution is 7.45. The maximum atomic E-state index is 12.7. The van der Waals surface area contributed by atoms with Crippen molar-refractivity contribution in [2.75, 3.05) is 47.5 Å². The minimum Gasteiger partial charge on any atom is -0.756 e. The molecule has 68 heavy (non-hydrogen) atoms. The van der Waals surface area contributed by atoms with Gasteiger partial charge in [-0.25, -0.2) is 0 Å². The average molecular weight is 970 g/mol. The van der Waals surface area contributed by atoms with Crippen LogP contribution < -0.4 is 4.89 Å². The van der Waals surface area contributed by atoms with Crippen molar-refractivity contribution < 1.29 is 42.1 Å². The summed E-state index contributed by atoms with van der Waals surface area (Å²) < 4.78 is 33.7. The summed E-state index contributed by atoms with van der Waals surface area (Å²) in [6.07, 6.45) is 66.6. The first-order chi connectivity index (χ1) is 33.0. The van der Waals surface area contributed by atoms with Crippen molar-refractivity contribution in [2.24, 2.45) is 0 Å². The van der Waals surface area contributed by atoms with Gasteiger partial charge in [0.1, 0.15) is 19.8 Å². The van der Waals surface area contributed by atoms with E-state index in [2.05, 4.69) is 111 Å². The van der Waals surface area contributed by atoms with Crippen molar-refractivity contribution in [3.05, 3.63) is 97.2 Å². The average Bonchev–Trinajstić information content (AvgIpc) is 3.30. The summed E-state index contributed by atoms with van der Waals surface area (Å²) in [4.78, 5) is 37.3. The zero-order chi connectivity index (χ0) is 49.9. The number of rotatable bonds is 48. The molecular weight excluding hydrogens is 870 g/mol. The quantitative estimate of drug-likeness (QED) is 0.0195. The molecule has 0 spiro atoms. The van der Waals surface area contributed by atoms with Crippen LogP contribution in [0, 0.1) is 0 Å². The Hall–Kier alpha value is -3.07. The molecule has 0 aliphatic carbocycles. The molecule has 0 N–H and O–H groups in total. The van der Waals surface area contributed by atoms with Crippen molar-refractivity contribution in [3.8, 4) is 0 Å². The normalized spacial score (nSPS) is 14.1. The van der Waals surface area contributed by atoms with Gasteiger partial charge in [-0.2, -0.15) is 0 Å². The van der Waals surface area contributed by atoms with E-state index in [0.717, 1.165) is 103 Å². The Balaban J connectivity index is 3.88. The van der Waals surface area contributed by atoms with Crippen molar-refractivity contribution in [3.63, 3.8) is 0 Å². The minimum absolute atomic E-state index is 0.0332. The van der Waals surface area contributed by atoms with Crippen LogP contribution in [0.2, 0.25) is 0 Å². The van der Waals surface area contributed by atoms with Gasteiger partial charge >= 0.3 is 11.9 Å². The lowest BCUT2D eigenvalue weighted by atomic mass is 10.0. The molecule has 0 aromatic carbocycles. The fourth-order valence-corrected chi connectivity index (χ4v) is 7.69. The molecule has 0 aliphatic rings. The third-order valence-electron chi connectivity index (χ3n) is 11.1. The molecule has 2 unspecified atom stereocenters.